The highest BCUT2D eigenvalue weighted by Gasteiger charge is 2.33. The molecule has 2 fully saturated rings. The van der Waals surface area contributed by atoms with Crippen molar-refractivity contribution in [1.29, 1.82) is 0 Å². The third-order valence-electron chi connectivity index (χ3n) is 4.11. The minimum absolute atomic E-state index is 0.00641. The molecule has 1 aliphatic carbocycles. The summed E-state index contributed by atoms with van der Waals surface area (Å²) in [5.41, 5.74) is 0. The van der Waals surface area contributed by atoms with E-state index in [0.29, 0.717) is 12.3 Å². The quantitative estimate of drug-likeness (QED) is 0.825. The molecule has 0 amide bonds. The van der Waals surface area contributed by atoms with Crippen molar-refractivity contribution in [3.8, 4) is 0 Å². The van der Waals surface area contributed by atoms with Crippen molar-refractivity contribution >= 4 is 9.84 Å². The van der Waals surface area contributed by atoms with Crippen LogP contribution >= 0.6 is 0 Å². The van der Waals surface area contributed by atoms with Gasteiger partial charge in [0, 0.05) is 0 Å². The van der Waals surface area contributed by atoms with Gasteiger partial charge in [0.25, 0.3) is 0 Å². The Morgan fingerprint density at radius 1 is 1.12 bits per heavy atom. The fourth-order valence-corrected chi connectivity index (χ4v) is 4.95. The molecule has 4 heteroatoms. The van der Waals surface area contributed by atoms with Crippen LogP contribution in [-0.4, -0.2) is 31.1 Å². The molecule has 0 bridgehead atoms. The molecule has 1 N–H and O–H groups in total. The molecule has 0 aromatic rings. The number of aliphatic hydroxyl groups excluding tert-OH is 1. The predicted molar refractivity (Wildman–Crippen MR) is 64.0 cm³/mol. The second-order valence-electron chi connectivity index (χ2n) is 5.47. The van der Waals surface area contributed by atoms with Crippen LogP contribution in [0, 0.1) is 11.8 Å². The summed E-state index contributed by atoms with van der Waals surface area (Å²) in [5, 5.41) is 10.1. The lowest BCUT2D eigenvalue weighted by Gasteiger charge is -2.26. The standard InChI is InChI=1S/C12H22O3S/c13-12(8-10-4-2-1-3-5-10)11-6-7-16(14,15)9-11/h10-13H,1-9H2. The Kier molecular flexibility index (Phi) is 3.90. The van der Waals surface area contributed by atoms with Crippen LogP contribution in [0.2, 0.25) is 0 Å². The first-order valence-electron chi connectivity index (χ1n) is 6.45. The SMILES string of the molecule is O=S1(=O)CCC(C(O)CC2CCCCC2)C1. The smallest absolute Gasteiger partial charge is 0.150 e. The highest BCUT2D eigenvalue weighted by atomic mass is 32.2. The minimum atomic E-state index is -2.84. The molecule has 1 aliphatic heterocycles. The largest absolute Gasteiger partial charge is 0.393 e. The van der Waals surface area contributed by atoms with Crippen LogP contribution in [0.1, 0.15) is 44.9 Å². The first-order valence-corrected chi connectivity index (χ1v) is 8.27. The molecule has 3 nitrogen and oxygen atoms in total. The molecular weight excluding hydrogens is 224 g/mol. The van der Waals surface area contributed by atoms with E-state index in [1.165, 1.54) is 32.1 Å². The Hall–Kier alpha value is -0.0900. The van der Waals surface area contributed by atoms with Crippen LogP contribution in [0.5, 0.6) is 0 Å². The van der Waals surface area contributed by atoms with Crippen molar-refractivity contribution in [2.45, 2.75) is 51.0 Å². The summed E-state index contributed by atoms with van der Waals surface area (Å²) in [6.07, 6.45) is 7.41. The molecule has 1 saturated carbocycles. The van der Waals surface area contributed by atoms with Gasteiger partial charge >= 0.3 is 0 Å². The van der Waals surface area contributed by atoms with Crippen molar-refractivity contribution in [3.63, 3.8) is 0 Å². The highest BCUT2D eigenvalue weighted by Crippen LogP contribution is 2.31. The van der Waals surface area contributed by atoms with Gasteiger partial charge in [-0.1, -0.05) is 32.1 Å². The Bertz CT molecular complexity index is 317. The van der Waals surface area contributed by atoms with Crippen molar-refractivity contribution in [3.05, 3.63) is 0 Å². The molecule has 16 heavy (non-hydrogen) atoms. The van der Waals surface area contributed by atoms with Crippen molar-refractivity contribution in [2.24, 2.45) is 11.8 Å². The maximum atomic E-state index is 11.3. The van der Waals surface area contributed by atoms with E-state index >= 15 is 0 Å². The molecule has 0 spiro atoms. The van der Waals surface area contributed by atoms with E-state index in [-0.39, 0.29) is 23.5 Å². The van der Waals surface area contributed by atoms with Crippen LogP contribution in [-0.2, 0) is 9.84 Å². The summed E-state index contributed by atoms with van der Waals surface area (Å²) in [5.74, 6) is 1.12. The zero-order chi connectivity index (χ0) is 11.6. The van der Waals surface area contributed by atoms with E-state index in [9.17, 15) is 13.5 Å². The van der Waals surface area contributed by atoms with Crippen LogP contribution in [0.15, 0.2) is 0 Å². The van der Waals surface area contributed by atoms with Gasteiger partial charge in [0.2, 0.25) is 0 Å². The van der Waals surface area contributed by atoms with Gasteiger partial charge in [-0.15, -0.1) is 0 Å². The fourth-order valence-electron chi connectivity index (χ4n) is 3.08. The molecule has 0 aromatic heterocycles. The lowest BCUT2D eigenvalue weighted by Crippen LogP contribution is -2.25. The Balaban J connectivity index is 1.81. The van der Waals surface area contributed by atoms with Gasteiger partial charge in [0.05, 0.1) is 17.6 Å². The Labute approximate surface area is 98.2 Å². The number of hydrogen-bond donors (Lipinski definition) is 1. The first kappa shape index (κ1) is 12.4. The Morgan fingerprint density at radius 3 is 2.38 bits per heavy atom. The van der Waals surface area contributed by atoms with Crippen molar-refractivity contribution < 1.29 is 13.5 Å². The molecule has 1 saturated heterocycles. The molecule has 0 radical (unpaired) electrons. The number of rotatable bonds is 3. The zero-order valence-corrected chi connectivity index (χ0v) is 10.6. The molecule has 94 valence electrons. The van der Waals surface area contributed by atoms with Gasteiger partial charge in [-0.05, 0) is 24.7 Å². The number of aliphatic hydroxyl groups is 1. The van der Waals surface area contributed by atoms with Gasteiger partial charge in [0.15, 0.2) is 9.84 Å². The molecule has 2 unspecified atom stereocenters. The summed E-state index contributed by atoms with van der Waals surface area (Å²) in [4.78, 5) is 0. The van der Waals surface area contributed by atoms with E-state index in [4.69, 9.17) is 0 Å². The predicted octanol–water partition coefficient (Wildman–Crippen LogP) is 1.75. The zero-order valence-electron chi connectivity index (χ0n) is 9.77. The number of sulfone groups is 1. The maximum Gasteiger partial charge on any atom is 0.150 e. The lowest BCUT2D eigenvalue weighted by molar-refractivity contribution is 0.0842. The van der Waals surface area contributed by atoms with Crippen LogP contribution in [0.25, 0.3) is 0 Å². The van der Waals surface area contributed by atoms with Gasteiger partial charge < -0.3 is 5.11 Å². The van der Waals surface area contributed by atoms with Crippen LogP contribution in [0.4, 0.5) is 0 Å². The molecule has 2 aliphatic rings. The van der Waals surface area contributed by atoms with Gasteiger partial charge in [-0.2, -0.15) is 0 Å². The van der Waals surface area contributed by atoms with E-state index < -0.39 is 9.84 Å². The monoisotopic (exact) mass is 246 g/mol. The average molecular weight is 246 g/mol. The normalized spacial score (nSPS) is 32.7. The van der Waals surface area contributed by atoms with E-state index in [1.54, 1.807) is 0 Å². The fraction of sp³-hybridized carbons (Fsp3) is 1.00. The lowest BCUT2D eigenvalue weighted by atomic mass is 9.83. The third-order valence-corrected chi connectivity index (χ3v) is 5.91. The van der Waals surface area contributed by atoms with E-state index in [0.717, 1.165) is 6.42 Å². The van der Waals surface area contributed by atoms with Crippen LogP contribution < -0.4 is 0 Å². The molecule has 0 aromatic carbocycles. The van der Waals surface area contributed by atoms with Gasteiger partial charge in [0.1, 0.15) is 0 Å². The minimum Gasteiger partial charge on any atom is -0.393 e. The molecule has 2 atom stereocenters. The van der Waals surface area contributed by atoms with E-state index in [1.807, 2.05) is 0 Å². The third kappa shape index (κ3) is 3.20. The molecule has 2 rings (SSSR count). The van der Waals surface area contributed by atoms with Crippen molar-refractivity contribution in [1.82, 2.24) is 0 Å². The summed E-state index contributed by atoms with van der Waals surface area (Å²) >= 11 is 0. The number of hydrogen-bond acceptors (Lipinski definition) is 3. The summed E-state index contributed by atoms with van der Waals surface area (Å²) in [7, 11) is -2.84. The summed E-state index contributed by atoms with van der Waals surface area (Å²) < 4.78 is 22.7. The van der Waals surface area contributed by atoms with Crippen LogP contribution in [0.3, 0.4) is 0 Å². The molecule has 1 heterocycles. The topological polar surface area (TPSA) is 54.4 Å². The van der Waals surface area contributed by atoms with Gasteiger partial charge in [-0.25, -0.2) is 8.42 Å². The maximum absolute atomic E-state index is 11.3. The summed E-state index contributed by atoms with van der Waals surface area (Å²) in [6.45, 7) is 0. The second-order valence-corrected chi connectivity index (χ2v) is 7.70. The Morgan fingerprint density at radius 2 is 1.81 bits per heavy atom. The average Bonchev–Trinajstić information content (AvgIpc) is 2.60. The van der Waals surface area contributed by atoms with Crippen molar-refractivity contribution in [2.75, 3.05) is 11.5 Å². The second kappa shape index (κ2) is 5.05. The summed E-state index contributed by atoms with van der Waals surface area (Å²) in [6, 6.07) is 0. The van der Waals surface area contributed by atoms with Gasteiger partial charge in [-0.3, -0.25) is 0 Å². The highest BCUT2D eigenvalue weighted by molar-refractivity contribution is 7.91. The van der Waals surface area contributed by atoms with E-state index in [2.05, 4.69) is 0 Å². The first-order chi connectivity index (χ1) is 7.57. The molecular formula is C12H22O3S.